The van der Waals surface area contributed by atoms with E-state index in [9.17, 15) is 8.42 Å². The van der Waals surface area contributed by atoms with Crippen LogP contribution < -0.4 is 5.32 Å². The van der Waals surface area contributed by atoms with Crippen LogP contribution in [0, 0.1) is 0 Å². The molecule has 0 aliphatic rings. The third-order valence-corrected chi connectivity index (χ3v) is 5.22. The first-order valence-electron chi connectivity index (χ1n) is 5.23. The Kier molecular flexibility index (Phi) is 4.52. The van der Waals surface area contributed by atoms with E-state index in [0.29, 0.717) is 18.1 Å². The third kappa shape index (κ3) is 3.94. The van der Waals surface area contributed by atoms with Crippen molar-refractivity contribution in [1.29, 1.82) is 0 Å². The van der Waals surface area contributed by atoms with E-state index in [4.69, 9.17) is 11.6 Å². The van der Waals surface area contributed by atoms with Crippen LogP contribution >= 0.6 is 11.6 Å². The standard InChI is InChI=1S/C11H17ClN2O2S/c1-11(2,17(3,15)16)8-14-6-9-4-5-13-7-10(9)12/h4-5,7,14H,6,8H2,1-3H3. The number of hydrogen-bond donors (Lipinski definition) is 1. The Balaban J connectivity index is 2.58. The van der Waals surface area contributed by atoms with Gasteiger partial charge in [0.2, 0.25) is 0 Å². The monoisotopic (exact) mass is 276 g/mol. The first-order valence-corrected chi connectivity index (χ1v) is 7.50. The van der Waals surface area contributed by atoms with Crippen LogP contribution in [-0.2, 0) is 16.4 Å². The minimum absolute atomic E-state index is 0.379. The number of halogens is 1. The molecule has 96 valence electrons. The maximum absolute atomic E-state index is 11.5. The molecule has 4 nitrogen and oxygen atoms in total. The maximum atomic E-state index is 11.5. The molecule has 1 N–H and O–H groups in total. The Hall–Kier alpha value is -0.650. The number of pyridine rings is 1. The summed E-state index contributed by atoms with van der Waals surface area (Å²) in [7, 11) is -3.07. The molecule has 0 saturated heterocycles. The highest BCUT2D eigenvalue weighted by Gasteiger charge is 2.29. The summed E-state index contributed by atoms with van der Waals surface area (Å²) >= 11 is 5.94. The molecule has 0 saturated carbocycles. The average molecular weight is 277 g/mol. The number of nitrogens with one attached hydrogen (secondary N) is 1. The summed E-state index contributed by atoms with van der Waals surface area (Å²) in [5.74, 6) is 0. The highest BCUT2D eigenvalue weighted by atomic mass is 35.5. The quantitative estimate of drug-likeness (QED) is 0.888. The van der Waals surface area contributed by atoms with Crippen molar-refractivity contribution in [2.45, 2.75) is 25.1 Å². The van der Waals surface area contributed by atoms with Gasteiger partial charge in [0.05, 0.1) is 9.77 Å². The molecule has 1 rings (SSSR count). The van der Waals surface area contributed by atoms with Crippen molar-refractivity contribution < 1.29 is 8.42 Å². The van der Waals surface area contributed by atoms with Crippen molar-refractivity contribution in [2.24, 2.45) is 0 Å². The fourth-order valence-corrected chi connectivity index (χ4v) is 1.73. The summed E-state index contributed by atoms with van der Waals surface area (Å²) in [4.78, 5) is 3.89. The molecule has 1 aromatic rings. The van der Waals surface area contributed by atoms with Crippen LogP contribution in [0.1, 0.15) is 19.4 Å². The molecule has 0 radical (unpaired) electrons. The van der Waals surface area contributed by atoms with Gasteiger partial charge in [-0.1, -0.05) is 11.6 Å². The van der Waals surface area contributed by atoms with Gasteiger partial charge in [-0.25, -0.2) is 8.42 Å². The predicted octanol–water partition coefficient (Wildman–Crippen LogP) is 1.65. The highest BCUT2D eigenvalue weighted by Crippen LogP contribution is 2.15. The summed E-state index contributed by atoms with van der Waals surface area (Å²) in [6, 6.07) is 1.81. The molecule has 0 aliphatic heterocycles. The summed E-state index contributed by atoms with van der Waals surface area (Å²) in [6.45, 7) is 4.30. The normalized spacial score (nSPS) is 12.7. The van der Waals surface area contributed by atoms with Gasteiger partial charge in [0.1, 0.15) is 0 Å². The summed E-state index contributed by atoms with van der Waals surface area (Å²) in [6.07, 6.45) is 4.47. The van der Waals surface area contributed by atoms with Gasteiger partial charge >= 0.3 is 0 Å². The van der Waals surface area contributed by atoms with E-state index in [-0.39, 0.29) is 0 Å². The number of aromatic nitrogens is 1. The minimum atomic E-state index is -3.07. The van der Waals surface area contributed by atoms with Crippen LogP contribution in [0.2, 0.25) is 5.02 Å². The van der Waals surface area contributed by atoms with Gasteiger partial charge in [-0.15, -0.1) is 0 Å². The van der Waals surface area contributed by atoms with Crippen LogP contribution in [0.3, 0.4) is 0 Å². The van der Waals surface area contributed by atoms with E-state index in [2.05, 4.69) is 10.3 Å². The van der Waals surface area contributed by atoms with Gasteiger partial charge in [0.15, 0.2) is 9.84 Å². The topological polar surface area (TPSA) is 59.1 Å². The fourth-order valence-electron chi connectivity index (χ4n) is 1.18. The zero-order chi connectivity index (χ0) is 13.1. The second kappa shape index (κ2) is 5.33. The molecule has 0 bridgehead atoms. The van der Waals surface area contributed by atoms with Gasteiger partial charge in [-0.3, -0.25) is 4.98 Å². The molecule has 0 aromatic carbocycles. The Bertz CT molecular complexity index is 486. The lowest BCUT2D eigenvalue weighted by Gasteiger charge is -2.22. The molecule has 0 spiro atoms. The van der Waals surface area contributed by atoms with Crippen LogP contribution in [0.4, 0.5) is 0 Å². The van der Waals surface area contributed by atoms with Gasteiger partial charge in [0.25, 0.3) is 0 Å². The third-order valence-electron chi connectivity index (χ3n) is 2.73. The van der Waals surface area contributed by atoms with Crippen molar-refractivity contribution >= 4 is 21.4 Å². The molecule has 0 unspecified atom stereocenters. The van der Waals surface area contributed by atoms with Crippen molar-refractivity contribution in [2.75, 3.05) is 12.8 Å². The highest BCUT2D eigenvalue weighted by molar-refractivity contribution is 7.92. The van der Waals surface area contributed by atoms with E-state index in [1.54, 1.807) is 26.2 Å². The number of nitrogens with zero attached hydrogens (tertiary/aromatic N) is 1. The van der Waals surface area contributed by atoms with Gasteiger partial charge < -0.3 is 5.32 Å². The SMILES string of the molecule is CC(C)(CNCc1ccncc1Cl)S(C)(=O)=O. The van der Waals surface area contributed by atoms with Crippen LogP contribution in [0.15, 0.2) is 18.5 Å². The number of hydrogen-bond acceptors (Lipinski definition) is 4. The van der Waals surface area contributed by atoms with Crippen molar-refractivity contribution in [1.82, 2.24) is 10.3 Å². The average Bonchev–Trinajstić information content (AvgIpc) is 2.19. The smallest absolute Gasteiger partial charge is 0.153 e. The van der Waals surface area contributed by atoms with E-state index in [0.717, 1.165) is 5.56 Å². The number of sulfone groups is 1. The Morgan fingerprint density at radius 2 is 2.12 bits per heavy atom. The lowest BCUT2D eigenvalue weighted by Crippen LogP contribution is -2.41. The molecule has 0 fully saturated rings. The maximum Gasteiger partial charge on any atom is 0.153 e. The van der Waals surface area contributed by atoms with E-state index < -0.39 is 14.6 Å². The molecule has 0 amide bonds. The molecule has 17 heavy (non-hydrogen) atoms. The van der Waals surface area contributed by atoms with E-state index >= 15 is 0 Å². The lowest BCUT2D eigenvalue weighted by molar-refractivity contribution is 0.521. The molecule has 1 heterocycles. The van der Waals surface area contributed by atoms with Gasteiger partial charge in [0, 0.05) is 31.7 Å². The molecule has 0 atom stereocenters. The zero-order valence-corrected chi connectivity index (χ0v) is 11.8. The van der Waals surface area contributed by atoms with Crippen molar-refractivity contribution in [3.8, 4) is 0 Å². The zero-order valence-electron chi connectivity index (χ0n) is 10.2. The summed E-state index contributed by atoms with van der Waals surface area (Å²) < 4.78 is 22.2. The Morgan fingerprint density at radius 1 is 1.47 bits per heavy atom. The van der Waals surface area contributed by atoms with Gasteiger partial charge in [-0.05, 0) is 25.5 Å². The fraction of sp³-hybridized carbons (Fsp3) is 0.545. The van der Waals surface area contributed by atoms with Gasteiger partial charge in [-0.2, -0.15) is 0 Å². The van der Waals surface area contributed by atoms with E-state index in [1.165, 1.54) is 6.26 Å². The second-order valence-electron chi connectivity index (χ2n) is 4.60. The summed E-state index contributed by atoms with van der Waals surface area (Å²) in [5.41, 5.74) is 0.908. The molecule has 1 aromatic heterocycles. The first-order chi connectivity index (χ1) is 7.74. The number of rotatable bonds is 5. The largest absolute Gasteiger partial charge is 0.311 e. The molecule has 6 heteroatoms. The lowest BCUT2D eigenvalue weighted by atomic mass is 10.2. The first kappa shape index (κ1) is 14.4. The van der Waals surface area contributed by atoms with Crippen LogP contribution in [0.25, 0.3) is 0 Å². The second-order valence-corrected chi connectivity index (χ2v) is 7.66. The van der Waals surface area contributed by atoms with Crippen molar-refractivity contribution in [3.63, 3.8) is 0 Å². The molecule has 0 aliphatic carbocycles. The Morgan fingerprint density at radius 3 is 2.65 bits per heavy atom. The predicted molar refractivity (Wildman–Crippen MR) is 69.9 cm³/mol. The van der Waals surface area contributed by atoms with Crippen molar-refractivity contribution in [3.05, 3.63) is 29.0 Å². The minimum Gasteiger partial charge on any atom is -0.311 e. The molecular formula is C11H17ClN2O2S. The van der Waals surface area contributed by atoms with E-state index in [1.807, 2.05) is 6.07 Å². The van der Waals surface area contributed by atoms with Crippen LogP contribution in [0.5, 0.6) is 0 Å². The molecular weight excluding hydrogens is 260 g/mol. The van der Waals surface area contributed by atoms with Crippen LogP contribution in [-0.4, -0.2) is 30.9 Å². The Labute approximate surface area is 107 Å². The summed E-state index contributed by atoms with van der Waals surface area (Å²) in [5, 5.41) is 3.68.